The van der Waals surface area contributed by atoms with Crippen molar-refractivity contribution in [3.8, 4) is 5.75 Å². The number of rotatable bonds is 4. The number of urea groups is 1. The van der Waals surface area contributed by atoms with Gasteiger partial charge in [0.15, 0.2) is 0 Å². The Labute approximate surface area is 146 Å². The van der Waals surface area contributed by atoms with E-state index in [0.717, 1.165) is 22.1 Å². The number of hydrogen-bond donors (Lipinski definition) is 2. The van der Waals surface area contributed by atoms with E-state index in [1.807, 2.05) is 45.2 Å². The smallest absolute Gasteiger partial charge is 0.315 e. The van der Waals surface area contributed by atoms with Crippen molar-refractivity contribution in [3.63, 3.8) is 0 Å². The van der Waals surface area contributed by atoms with E-state index in [4.69, 9.17) is 4.74 Å². The number of ether oxygens (including phenoxy) is 1. The highest BCUT2D eigenvalue weighted by atomic mass is 32.1. The second-order valence-corrected chi connectivity index (χ2v) is 7.96. The van der Waals surface area contributed by atoms with Crippen LogP contribution in [0.5, 0.6) is 5.75 Å². The van der Waals surface area contributed by atoms with Crippen LogP contribution in [-0.4, -0.2) is 24.2 Å². The molecule has 2 aromatic rings. The van der Waals surface area contributed by atoms with Gasteiger partial charge in [0.05, 0.1) is 12.1 Å². The lowest BCUT2D eigenvalue weighted by molar-refractivity contribution is 0.207. The molecule has 0 bridgehead atoms. The van der Waals surface area contributed by atoms with E-state index in [-0.39, 0.29) is 11.9 Å². The molecule has 128 valence electrons. The van der Waals surface area contributed by atoms with E-state index < -0.39 is 5.54 Å². The molecule has 24 heavy (non-hydrogen) atoms. The summed E-state index contributed by atoms with van der Waals surface area (Å²) in [5.74, 6) is 1.24. The van der Waals surface area contributed by atoms with Gasteiger partial charge in [-0.05, 0) is 38.8 Å². The van der Waals surface area contributed by atoms with Crippen molar-refractivity contribution in [2.45, 2.75) is 32.7 Å². The minimum absolute atomic E-state index is 0.174. The Morgan fingerprint density at radius 2 is 2.21 bits per heavy atom. The molecule has 1 aromatic heterocycles. The number of benzene rings is 1. The van der Waals surface area contributed by atoms with Crippen LogP contribution in [-0.2, 0) is 12.0 Å². The maximum absolute atomic E-state index is 12.2. The maximum atomic E-state index is 12.2. The average molecular weight is 345 g/mol. The van der Waals surface area contributed by atoms with Crippen molar-refractivity contribution in [1.29, 1.82) is 0 Å². The van der Waals surface area contributed by atoms with Crippen LogP contribution < -0.4 is 15.4 Å². The van der Waals surface area contributed by atoms with E-state index in [2.05, 4.69) is 21.7 Å². The van der Waals surface area contributed by atoms with Crippen LogP contribution in [0.3, 0.4) is 0 Å². The van der Waals surface area contributed by atoms with Gasteiger partial charge in [-0.2, -0.15) is 0 Å². The fraction of sp³-hybridized carbons (Fsp3) is 0.444. The van der Waals surface area contributed by atoms with Gasteiger partial charge in [-0.25, -0.2) is 9.78 Å². The number of nitrogens with zero attached hydrogens (tertiary/aromatic N) is 1. The van der Waals surface area contributed by atoms with Crippen LogP contribution in [0.25, 0.3) is 0 Å². The number of amides is 2. The Morgan fingerprint density at radius 3 is 2.96 bits per heavy atom. The zero-order chi connectivity index (χ0) is 17.2. The molecule has 0 aliphatic carbocycles. The van der Waals surface area contributed by atoms with Crippen LogP contribution in [0, 0.1) is 12.8 Å². The lowest BCUT2D eigenvalue weighted by Crippen LogP contribution is -2.48. The number of aryl methyl sites for hydroxylation is 1. The highest BCUT2D eigenvalue weighted by Crippen LogP contribution is 2.27. The molecule has 0 radical (unpaired) electrons. The van der Waals surface area contributed by atoms with Crippen molar-refractivity contribution in [3.05, 3.63) is 45.9 Å². The maximum Gasteiger partial charge on any atom is 0.315 e. The van der Waals surface area contributed by atoms with Gasteiger partial charge in [0.2, 0.25) is 0 Å². The van der Waals surface area contributed by atoms with Gasteiger partial charge in [0.1, 0.15) is 10.8 Å². The predicted octanol–water partition coefficient (Wildman–Crippen LogP) is 3.24. The second-order valence-electron chi connectivity index (χ2n) is 6.72. The lowest BCUT2D eigenvalue weighted by atomic mass is 9.97. The van der Waals surface area contributed by atoms with Crippen LogP contribution in [0.1, 0.15) is 29.3 Å². The largest absolute Gasteiger partial charge is 0.493 e. The molecule has 0 unspecified atom stereocenters. The molecule has 5 nitrogen and oxygen atoms in total. The van der Waals surface area contributed by atoms with E-state index in [9.17, 15) is 4.79 Å². The van der Waals surface area contributed by atoms with Gasteiger partial charge in [-0.1, -0.05) is 18.2 Å². The Balaban J connectivity index is 1.51. The summed E-state index contributed by atoms with van der Waals surface area (Å²) in [5.41, 5.74) is 0.716. The normalized spacial score (nSPS) is 16.9. The average Bonchev–Trinajstić information content (AvgIpc) is 3.00. The monoisotopic (exact) mass is 345 g/mol. The Hall–Kier alpha value is -2.08. The molecule has 0 saturated carbocycles. The number of carbonyl (C=O) groups is 1. The first kappa shape index (κ1) is 16.8. The molecule has 0 saturated heterocycles. The number of aromatic nitrogens is 1. The zero-order valence-electron chi connectivity index (χ0n) is 14.3. The highest BCUT2D eigenvalue weighted by molar-refractivity contribution is 7.11. The first-order chi connectivity index (χ1) is 11.4. The molecular weight excluding hydrogens is 322 g/mol. The number of thiazole rings is 1. The van der Waals surface area contributed by atoms with Crippen molar-refractivity contribution < 1.29 is 9.53 Å². The summed E-state index contributed by atoms with van der Waals surface area (Å²) in [6.45, 7) is 7.16. The second kappa shape index (κ2) is 6.81. The molecular formula is C18H23N3O2S. The van der Waals surface area contributed by atoms with Crippen LogP contribution in [0.4, 0.5) is 4.79 Å². The number of carbonyl (C=O) groups excluding carboxylic acids is 1. The van der Waals surface area contributed by atoms with Gasteiger partial charge in [0, 0.05) is 23.5 Å². The summed E-state index contributed by atoms with van der Waals surface area (Å²) in [6.07, 6.45) is 2.75. The third-order valence-corrected chi connectivity index (χ3v) is 5.33. The van der Waals surface area contributed by atoms with Gasteiger partial charge in [-0.3, -0.25) is 0 Å². The lowest BCUT2D eigenvalue weighted by Gasteiger charge is -2.27. The van der Waals surface area contributed by atoms with E-state index in [1.54, 1.807) is 11.3 Å². The Morgan fingerprint density at radius 1 is 1.42 bits per heavy atom. The SMILES string of the molecule is Cc1cnc(C(C)(C)NC(=O)NC[C@H]2COc3ccccc3C2)s1. The van der Waals surface area contributed by atoms with E-state index in [0.29, 0.717) is 13.2 Å². The highest BCUT2D eigenvalue weighted by Gasteiger charge is 2.27. The minimum atomic E-state index is -0.487. The Bertz CT molecular complexity index is 727. The van der Waals surface area contributed by atoms with Crippen molar-refractivity contribution in [2.24, 2.45) is 5.92 Å². The number of fused-ring (bicyclic) bond motifs is 1. The summed E-state index contributed by atoms with van der Waals surface area (Å²) < 4.78 is 5.76. The molecule has 0 spiro atoms. The van der Waals surface area contributed by atoms with Gasteiger partial charge >= 0.3 is 6.03 Å². The summed E-state index contributed by atoms with van der Waals surface area (Å²) in [7, 11) is 0. The molecule has 2 N–H and O–H groups in total. The molecule has 1 aliphatic heterocycles. The number of nitrogens with one attached hydrogen (secondary N) is 2. The van der Waals surface area contributed by atoms with Crippen LogP contribution in [0.15, 0.2) is 30.5 Å². The fourth-order valence-electron chi connectivity index (χ4n) is 2.78. The van der Waals surface area contributed by atoms with E-state index >= 15 is 0 Å². The zero-order valence-corrected chi connectivity index (χ0v) is 15.1. The third kappa shape index (κ3) is 3.87. The molecule has 6 heteroatoms. The number of hydrogen-bond acceptors (Lipinski definition) is 4. The predicted molar refractivity (Wildman–Crippen MR) is 95.5 cm³/mol. The van der Waals surface area contributed by atoms with Crippen molar-refractivity contribution in [2.75, 3.05) is 13.2 Å². The summed E-state index contributed by atoms with van der Waals surface area (Å²) >= 11 is 1.60. The Kier molecular flexibility index (Phi) is 4.76. The van der Waals surface area contributed by atoms with Crippen molar-refractivity contribution >= 4 is 17.4 Å². The van der Waals surface area contributed by atoms with Gasteiger partial charge in [0.25, 0.3) is 0 Å². The quantitative estimate of drug-likeness (QED) is 0.894. The summed E-state index contributed by atoms with van der Waals surface area (Å²) in [5, 5.41) is 6.87. The van der Waals surface area contributed by atoms with Gasteiger partial charge < -0.3 is 15.4 Å². The number of para-hydroxylation sites is 1. The molecule has 1 aromatic carbocycles. The minimum Gasteiger partial charge on any atom is -0.493 e. The summed E-state index contributed by atoms with van der Waals surface area (Å²) in [6, 6.07) is 7.89. The molecule has 2 amide bonds. The summed E-state index contributed by atoms with van der Waals surface area (Å²) in [4.78, 5) is 17.7. The molecule has 1 atom stereocenters. The fourth-order valence-corrected chi connectivity index (χ4v) is 3.61. The third-order valence-electron chi connectivity index (χ3n) is 4.09. The molecule has 2 heterocycles. The molecule has 1 aliphatic rings. The van der Waals surface area contributed by atoms with Gasteiger partial charge in [-0.15, -0.1) is 11.3 Å². The molecule has 3 rings (SSSR count). The first-order valence-electron chi connectivity index (χ1n) is 8.13. The van der Waals surface area contributed by atoms with Crippen LogP contribution >= 0.6 is 11.3 Å². The van der Waals surface area contributed by atoms with E-state index in [1.165, 1.54) is 5.56 Å². The standard InChI is InChI=1S/C18H23N3O2S/c1-12-9-19-16(24-12)18(2,3)21-17(22)20-10-13-8-14-6-4-5-7-15(14)23-11-13/h4-7,9,13H,8,10-11H2,1-3H3,(H2,20,21,22)/t13-/m0/s1. The first-order valence-corrected chi connectivity index (χ1v) is 8.95. The van der Waals surface area contributed by atoms with Crippen molar-refractivity contribution in [1.82, 2.24) is 15.6 Å². The topological polar surface area (TPSA) is 63.2 Å². The molecule has 0 fully saturated rings. The van der Waals surface area contributed by atoms with Crippen LogP contribution in [0.2, 0.25) is 0 Å².